The van der Waals surface area contributed by atoms with Gasteiger partial charge in [0.15, 0.2) is 0 Å². The fourth-order valence-electron chi connectivity index (χ4n) is 2.27. The highest BCUT2D eigenvalue weighted by Crippen LogP contribution is 2.30. The molecule has 3 rings (SSSR count). The van der Waals surface area contributed by atoms with Gasteiger partial charge in [0.2, 0.25) is 0 Å². The number of halogens is 1. The van der Waals surface area contributed by atoms with Crippen molar-refractivity contribution in [2.45, 2.75) is 6.92 Å². The van der Waals surface area contributed by atoms with Crippen molar-refractivity contribution in [2.24, 2.45) is 7.05 Å². The van der Waals surface area contributed by atoms with Crippen molar-refractivity contribution in [1.29, 1.82) is 0 Å². The molecule has 0 spiro atoms. The van der Waals surface area contributed by atoms with E-state index >= 15 is 0 Å². The Hall–Kier alpha value is -2.41. The molecule has 0 saturated heterocycles. The van der Waals surface area contributed by atoms with Crippen LogP contribution < -0.4 is 10.1 Å². The number of aromatic nitrogens is 2. The van der Waals surface area contributed by atoms with Gasteiger partial charge in [-0.05, 0) is 25.1 Å². The molecule has 0 aliphatic carbocycles. The quantitative estimate of drug-likeness (QED) is 0.805. The second-order valence-corrected chi connectivity index (χ2v) is 5.87. The Morgan fingerprint density at radius 2 is 2.18 bits per heavy atom. The van der Waals surface area contributed by atoms with Gasteiger partial charge in [-0.1, -0.05) is 0 Å². The fraction of sp³-hybridized carbons (Fsp3) is 0.200. The number of hydrogen-bond acceptors (Lipinski definition) is 4. The van der Waals surface area contributed by atoms with E-state index in [1.165, 1.54) is 36.6 Å². The highest BCUT2D eigenvalue weighted by Gasteiger charge is 2.16. The minimum atomic E-state index is -0.418. The van der Waals surface area contributed by atoms with Gasteiger partial charge in [-0.15, -0.1) is 11.3 Å². The van der Waals surface area contributed by atoms with E-state index in [0.717, 1.165) is 15.9 Å². The average Bonchev–Trinajstić information content (AvgIpc) is 3.03. The van der Waals surface area contributed by atoms with Crippen molar-refractivity contribution < 1.29 is 13.9 Å². The number of benzene rings is 1. The van der Waals surface area contributed by atoms with Crippen LogP contribution in [-0.2, 0) is 7.05 Å². The minimum absolute atomic E-state index is 0.259. The molecule has 22 heavy (non-hydrogen) atoms. The SMILES string of the molecule is COc1cc(F)ccc1NC(=O)c1cc2c(C)nn(C)c2s1. The van der Waals surface area contributed by atoms with E-state index in [1.54, 1.807) is 4.68 Å². The van der Waals surface area contributed by atoms with Gasteiger partial charge >= 0.3 is 0 Å². The summed E-state index contributed by atoms with van der Waals surface area (Å²) in [6, 6.07) is 5.80. The van der Waals surface area contributed by atoms with Crippen LogP contribution in [0.4, 0.5) is 10.1 Å². The van der Waals surface area contributed by atoms with Gasteiger partial charge in [-0.2, -0.15) is 5.10 Å². The number of rotatable bonds is 3. The van der Waals surface area contributed by atoms with E-state index in [-0.39, 0.29) is 11.7 Å². The molecule has 2 heterocycles. The van der Waals surface area contributed by atoms with Crippen LogP contribution in [0.3, 0.4) is 0 Å². The summed E-state index contributed by atoms with van der Waals surface area (Å²) < 4.78 is 20.0. The number of carbonyl (C=O) groups is 1. The maximum Gasteiger partial charge on any atom is 0.265 e. The highest BCUT2D eigenvalue weighted by atomic mass is 32.1. The predicted molar refractivity (Wildman–Crippen MR) is 84.2 cm³/mol. The molecule has 114 valence electrons. The Bertz CT molecular complexity index is 835. The number of fused-ring (bicyclic) bond motifs is 1. The molecule has 0 radical (unpaired) electrons. The molecule has 2 aromatic heterocycles. The number of hydrogen-bond donors (Lipinski definition) is 1. The maximum atomic E-state index is 13.2. The second-order valence-electron chi connectivity index (χ2n) is 4.84. The summed E-state index contributed by atoms with van der Waals surface area (Å²) in [7, 11) is 3.27. The molecule has 0 saturated carbocycles. The van der Waals surface area contributed by atoms with E-state index in [4.69, 9.17) is 4.74 Å². The summed E-state index contributed by atoms with van der Waals surface area (Å²) in [6.45, 7) is 1.90. The standard InChI is InChI=1S/C15H14FN3O2S/c1-8-10-7-13(22-15(10)19(2)18-8)14(20)17-11-5-4-9(16)6-12(11)21-3/h4-7H,1-3H3,(H,17,20). The van der Waals surface area contributed by atoms with Crippen LogP contribution in [0.1, 0.15) is 15.4 Å². The Morgan fingerprint density at radius 3 is 2.86 bits per heavy atom. The van der Waals surface area contributed by atoms with Crippen molar-refractivity contribution in [3.63, 3.8) is 0 Å². The first kappa shape index (κ1) is 14.5. The first-order valence-corrected chi connectivity index (χ1v) is 7.39. The zero-order valence-corrected chi connectivity index (χ0v) is 13.1. The molecule has 0 bridgehead atoms. The van der Waals surface area contributed by atoms with Gasteiger partial charge in [0.1, 0.15) is 16.4 Å². The molecular formula is C15H14FN3O2S. The first-order valence-electron chi connectivity index (χ1n) is 6.57. The number of amides is 1. The lowest BCUT2D eigenvalue weighted by atomic mass is 10.2. The van der Waals surface area contributed by atoms with Gasteiger partial charge in [0.25, 0.3) is 5.91 Å². The third-order valence-electron chi connectivity index (χ3n) is 3.33. The van der Waals surface area contributed by atoms with Gasteiger partial charge in [0.05, 0.1) is 23.4 Å². The third-order valence-corrected chi connectivity index (χ3v) is 4.53. The molecule has 1 N–H and O–H groups in total. The van der Waals surface area contributed by atoms with Crippen LogP contribution in [0.2, 0.25) is 0 Å². The number of nitrogens with zero attached hydrogens (tertiary/aromatic N) is 2. The number of thiophene rings is 1. The van der Waals surface area contributed by atoms with Crippen molar-refractivity contribution in [1.82, 2.24) is 9.78 Å². The van der Waals surface area contributed by atoms with E-state index in [2.05, 4.69) is 10.4 Å². The normalized spacial score (nSPS) is 10.9. The summed E-state index contributed by atoms with van der Waals surface area (Å²) in [5.41, 5.74) is 1.31. The van der Waals surface area contributed by atoms with E-state index in [1.807, 2.05) is 20.0 Å². The van der Waals surface area contributed by atoms with Crippen LogP contribution in [0.15, 0.2) is 24.3 Å². The van der Waals surface area contributed by atoms with Crippen LogP contribution in [0.25, 0.3) is 10.2 Å². The highest BCUT2D eigenvalue weighted by molar-refractivity contribution is 7.20. The summed E-state index contributed by atoms with van der Waals surface area (Å²) >= 11 is 1.36. The number of carbonyl (C=O) groups excluding carboxylic acids is 1. The number of methoxy groups -OCH3 is 1. The largest absolute Gasteiger partial charge is 0.494 e. The molecule has 0 atom stereocenters. The van der Waals surface area contributed by atoms with Crippen molar-refractivity contribution >= 4 is 33.1 Å². The summed E-state index contributed by atoms with van der Waals surface area (Å²) in [5, 5.41) is 8.01. The van der Waals surface area contributed by atoms with Crippen molar-refractivity contribution in [3.05, 3.63) is 40.7 Å². The van der Waals surface area contributed by atoms with Crippen LogP contribution >= 0.6 is 11.3 Å². The molecule has 1 amide bonds. The molecule has 0 unspecified atom stereocenters. The van der Waals surface area contributed by atoms with Gasteiger partial charge in [0, 0.05) is 18.5 Å². The fourth-order valence-corrected chi connectivity index (χ4v) is 3.29. The van der Waals surface area contributed by atoms with Crippen molar-refractivity contribution in [3.8, 4) is 5.75 Å². The smallest absolute Gasteiger partial charge is 0.265 e. The lowest BCUT2D eigenvalue weighted by molar-refractivity contribution is 0.103. The van der Waals surface area contributed by atoms with Crippen LogP contribution in [-0.4, -0.2) is 22.8 Å². The van der Waals surface area contributed by atoms with Gasteiger partial charge in [-0.3, -0.25) is 9.48 Å². The average molecular weight is 319 g/mol. The summed E-state index contributed by atoms with van der Waals surface area (Å²) in [6.07, 6.45) is 0. The zero-order chi connectivity index (χ0) is 15.9. The Labute approximate surface area is 130 Å². The first-order chi connectivity index (χ1) is 10.5. The topological polar surface area (TPSA) is 56.1 Å². The molecule has 0 fully saturated rings. The summed E-state index contributed by atoms with van der Waals surface area (Å²) in [5.74, 6) is -0.392. The van der Waals surface area contributed by atoms with Crippen LogP contribution in [0.5, 0.6) is 5.75 Å². The van der Waals surface area contributed by atoms with E-state index in [9.17, 15) is 9.18 Å². The molecule has 1 aromatic carbocycles. The zero-order valence-electron chi connectivity index (χ0n) is 12.3. The third kappa shape index (κ3) is 2.43. The number of anilines is 1. The van der Waals surface area contributed by atoms with Gasteiger partial charge in [-0.25, -0.2) is 4.39 Å². The molecular weight excluding hydrogens is 305 g/mol. The second kappa shape index (κ2) is 5.42. The monoisotopic (exact) mass is 319 g/mol. The number of aryl methyl sites for hydroxylation is 2. The Kier molecular flexibility index (Phi) is 3.58. The lowest BCUT2D eigenvalue weighted by Gasteiger charge is -2.09. The maximum absolute atomic E-state index is 13.2. The summed E-state index contributed by atoms with van der Waals surface area (Å²) in [4.78, 5) is 13.9. The number of nitrogens with one attached hydrogen (secondary N) is 1. The van der Waals surface area contributed by atoms with E-state index in [0.29, 0.717) is 10.6 Å². The Morgan fingerprint density at radius 1 is 1.41 bits per heavy atom. The molecule has 3 aromatic rings. The van der Waals surface area contributed by atoms with E-state index < -0.39 is 5.82 Å². The van der Waals surface area contributed by atoms with Crippen molar-refractivity contribution in [2.75, 3.05) is 12.4 Å². The molecule has 0 aliphatic heterocycles. The molecule has 0 aliphatic rings. The predicted octanol–water partition coefficient (Wildman–Crippen LogP) is 3.34. The Balaban J connectivity index is 1.91. The lowest BCUT2D eigenvalue weighted by Crippen LogP contribution is -2.11. The van der Waals surface area contributed by atoms with Gasteiger partial charge < -0.3 is 10.1 Å². The molecule has 7 heteroatoms. The van der Waals surface area contributed by atoms with Crippen LogP contribution in [0, 0.1) is 12.7 Å². The molecule has 5 nitrogen and oxygen atoms in total. The number of ether oxygens (including phenoxy) is 1. The minimum Gasteiger partial charge on any atom is -0.494 e.